The zero-order chi connectivity index (χ0) is 11.5. The molecular weight excluding hydrogens is 257 g/mol. The van der Waals surface area contributed by atoms with Gasteiger partial charge in [0, 0.05) is 16.6 Å². The third-order valence-electron chi connectivity index (χ3n) is 1.88. The molecule has 1 aromatic rings. The Morgan fingerprint density at radius 1 is 1.33 bits per heavy atom. The summed E-state index contributed by atoms with van der Waals surface area (Å²) in [6.07, 6.45) is 0. The van der Waals surface area contributed by atoms with E-state index < -0.39 is 10.0 Å². The first-order valence-electron chi connectivity index (χ1n) is 4.36. The molecule has 0 saturated carbocycles. The zero-order valence-electron chi connectivity index (χ0n) is 8.13. The van der Waals surface area contributed by atoms with Crippen molar-refractivity contribution in [1.82, 2.24) is 4.72 Å². The molecule has 0 radical (unpaired) electrons. The van der Waals surface area contributed by atoms with Gasteiger partial charge in [-0.2, -0.15) is 0 Å². The topological polar surface area (TPSA) is 46.2 Å². The summed E-state index contributed by atoms with van der Waals surface area (Å²) >= 11 is 11.6. The van der Waals surface area contributed by atoms with E-state index in [0.717, 1.165) is 0 Å². The van der Waals surface area contributed by atoms with Crippen molar-refractivity contribution in [2.75, 3.05) is 5.75 Å². The van der Waals surface area contributed by atoms with Gasteiger partial charge in [-0.1, -0.05) is 29.3 Å². The molecule has 1 rings (SSSR count). The second kappa shape index (κ2) is 5.16. The Morgan fingerprint density at radius 2 is 2.00 bits per heavy atom. The van der Waals surface area contributed by atoms with E-state index in [4.69, 9.17) is 23.2 Å². The van der Waals surface area contributed by atoms with Crippen molar-refractivity contribution < 1.29 is 8.42 Å². The smallest absolute Gasteiger partial charge is 0.211 e. The molecule has 0 atom stereocenters. The molecule has 0 aliphatic rings. The highest BCUT2D eigenvalue weighted by atomic mass is 35.5. The Labute approximate surface area is 99.4 Å². The Bertz CT molecular complexity index is 445. The second-order valence-corrected chi connectivity index (χ2v) is 5.90. The lowest BCUT2D eigenvalue weighted by Gasteiger charge is -2.06. The van der Waals surface area contributed by atoms with E-state index in [9.17, 15) is 8.42 Å². The van der Waals surface area contributed by atoms with Crippen LogP contribution < -0.4 is 4.72 Å². The SMILES string of the molecule is CCS(=O)(=O)NCc1ccc(Cl)cc1Cl. The van der Waals surface area contributed by atoms with Crippen LogP contribution in [0.1, 0.15) is 12.5 Å². The predicted molar refractivity (Wildman–Crippen MR) is 62.8 cm³/mol. The number of benzene rings is 1. The molecule has 3 nitrogen and oxygen atoms in total. The van der Waals surface area contributed by atoms with E-state index in [2.05, 4.69) is 4.72 Å². The first-order valence-corrected chi connectivity index (χ1v) is 6.76. The molecule has 0 saturated heterocycles. The van der Waals surface area contributed by atoms with E-state index in [-0.39, 0.29) is 12.3 Å². The number of halogens is 2. The summed E-state index contributed by atoms with van der Waals surface area (Å²) < 4.78 is 24.8. The fraction of sp³-hybridized carbons (Fsp3) is 0.333. The minimum Gasteiger partial charge on any atom is -0.212 e. The predicted octanol–water partition coefficient (Wildman–Crippen LogP) is 2.43. The molecule has 0 amide bonds. The van der Waals surface area contributed by atoms with Gasteiger partial charge >= 0.3 is 0 Å². The third-order valence-corrected chi connectivity index (χ3v) is 3.81. The number of sulfonamides is 1. The molecule has 0 spiro atoms. The molecule has 84 valence electrons. The minimum atomic E-state index is -3.19. The van der Waals surface area contributed by atoms with E-state index >= 15 is 0 Å². The Morgan fingerprint density at radius 3 is 2.53 bits per heavy atom. The fourth-order valence-corrected chi connectivity index (χ4v) is 2.01. The number of rotatable bonds is 4. The first-order chi connectivity index (χ1) is 6.94. The molecule has 0 aromatic heterocycles. The summed E-state index contributed by atoms with van der Waals surface area (Å²) in [6.45, 7) is 1.76. The van der Waals surface area contributed by atoms with Crippen LogP contribution in [0.2, 0.25) is 10.0 Å². The Balaban J connectivity index is 2.74. The molecule has 0 aliphatic carbocycles. The average Bonchev–Trinajstić information content (AvgIpc) is 2.16. The number of hydrogen-bond donors (Lipinski definition) is 1. The molecule has 0 heterocycles. The summed E-state index contributed by atoms with van der Waals surface area (Å²) in [5, 5.41) is 0.989. The highest BCUT2D eigenvalue weighted by Gasteiger charge is 2.07. The lowest BCUT2D eigenvalue weighted by molar-refractivity contribution is 0.582. The summed E-state index contributed by atoms with van der Waals surface area (Å²) in [7, 11) is -3.19. The van der Waals surface area contributed by atoms with E-state index in [1.807, 2.05) is 0 Å². The van der Waals surface area contributed by atoms with Crippen molar-refractivity contribution >= 4 is 33.2 Å². The molecule has 0 unspecified atom stereocenters. The van der Waals surface area contributed by atoms with Gasteiger partial charge < -0.3 is 0 Å². The van der Waals surface area contributed by atoms with Gasteiger partial charge in [-0.3, -0.25) is 0 Å². The van der Waals surface area contributed by atoms with Crippen LogP contribution in [0.15, 0.2) is 18.2 Å². The monoisotopic (exact) mass is 267 g/mol. The maximum atomic E-state index is 11.2. The van der Waals surface area contributed by atoms with Crippen molar-refractivity contribution in [2.24, 2.45) is 0 Å². The lowest BCUT2D eigenvalue weighted by atomic mass is 10.2. The lowest BCUT2D eigenvalue weighted by Crippen LogP contribution is -2.24. The Hall–Kier alpha value is -0.290. The van der Waals surface area contributed by atoms with E-state index in [1.54, 1.807) is 25.1 Å². The van der Waals surface area contributed by atoms with Gasteiger partial charge in [-0.25, -0.2) is 13.1 Å². The highest BCUT2D eigenvalue weighted by molar-refractivity contribution is 7.89. The largest absolute Gasteiger partial charge is 0.212 e. The maximum Gasteiger partial charge on any atom is 0.211 e. The van der Waals surface area contributed by atoms with Crippen LogP contribution in [-0.4, -0.2) is 14.2 Å². The molecular formula is C9H11Cl2NO2S. The van der Waals surface area contributed by atoms with Gasteiger partial charge in [0.25, 0.3) is 0 Å². The summed E-state index contributed by atoms with van der Waals surface area (Å²) in [6, 6.07) is 4.95. The molecule has 6 heteroatoms. The average molecular weight is 268 g/mol. The van der Waals surface area contributed by atoms with Crippen LogP contribution in [0.4, 0.5) is 0 Å². The van der Waals surface area contributed by atoms with E-state index in [0.29, 0.717) is 15.6 Å². The molecule has 15 heavy (non-hydrogen) atoms. The standard InChI is InChI=1S/C9H11Cl2NO2S/c1-2-15(13,14)12-6-7-3-4-8(10)5-9(7)11/h3-5,12H,2,6H2,1H3. The number of nitrogens with one attached hydrogen (secondary N) is 1. The molecule has 1 aromatic carbocycles. The zero-order valence-corrected chi connectivity index (χ0v) is 10.5. The molecule has 1 N–H and O–H groups in total. The highest BCUT2D eigenvalue weighted by Crippen LogP contribution is 2.20. The van der Waals surface area contributed by atoms with Crippen LogP contribution >= 0.6 is 23.2 Å². The summed E-state index contributed by atoms with van der Waals surface area (Å²) in [5.74, 6) is 0.0538. The minimum absolute atomic E-state index is 0.0538. The van der Waals surface area contributed by atoms with E-state index in [1.165, 1.54) is 0 Å². The molecule has 0 aliphatic heterocycles. The second-order valence-electron chi connectivity index (χ2n) is 2.96. The Kier molecular flexibility index (Phi) is 4.40. The van der Waals surface area contributed by atoms with Crippen molar-refractivity contribution in [3.63, 3.8) is 0 Å². The normalized spacial score (nSPS) is 11.7. The van der Waals surface area contributed by atoms with Crippen LogP contribution in [0.25, 0.3) is 0 Å². The van der Waals surface area contributed by atoms with Crippen LogP contribution in [0.5, 0.6) is 0 Å². The fourth-order valence-electron chi connectivity index (χ4n) is 0.955. The van der Waals surface area contributed by atoms with Crippen molar-refractivity contribution in [1.29, 1.82) is 0 Å². The van der Waals surface area contributed by atoms with Crippen LogP contribution in [0, 0.1) is 0 Å². The van der Waals surface area contributed by atoms with Gasteiger partial charge in [0.1, 0.15) is 0 Å². The first kappa shape index (κ1) is 12.8. The number of hydrogen-bond acceptors (Lipinski definition) is 2. The van der Waals surface area contributed by atoms with Gasteiger partial charge in [-0.15, -0.1) is 0 Å². The summed E-state index contributed by atoms with van der Waals surface area (Å²) in [5.41, 5.74) is 0.707. The summed E-state index contributed by atoms with van der Waals surface area (Å²) in [4.78, 5) is 0. The van der Waals surface area contributed by atoms with Gasteiger partial charge in [0.05, 0.1) is 5.75 Å². The van der Waals surface area contributed by atoms with Gasteiger partial charge in [0.15, 0.2) is 0 Å². The third kappa shape index (κ3) is 3.99. The van der Waals surface area contributed by atoms with Crippen molar-refractivity contribution in [3.05, 3.63) is 33.8 Å². The van der Waals surface area contributed by atoms with Crippen LogP contribution in [-0.2, 0) is 16.6 Å². The maximum absolute atomic E-state index is 11.2. The van der Waals surface area contributed by atoms with Crippen LogP contribution in [0.3, 0.4) is 0 Å². The molecule has 0 fully saturated rings. The van der Waals surface area contributed by atoms with Gasteiger partial charge in [0.2, 0.25) is 10.0 Å². The molecule has 0 bridgehead atoms. The van der Waals surface area contributed by atoms with Gasteiger partial charge in [-0.05, 0) is 24.6 Å². The van der Waals surface area contributed by atoms with Crippen molar-refractivity contribution in [2.45, 2.75) is 13.5 Å². The van der Waals surface area contributed by atoms with Crippen molar-refractivity contribution in [3.8, 4) is 0 Å². The quantitative estimate of drug-likeness (QED) is 0.911.